The monoisotopic (exact) mass is 204 g/mol. The Hall–Kier alpha value is -1.38. The molecule has 0 aliphatic heterocycles. The van der Waals surface area contributed by atoms with E-state index in [-0.39, 0.29) is 11.9 Å². The average molecular weight is 204 g/mol. The molecular weight excluding hydrogens is 188 g/mol. The number of carbonyl (C=O) groups is 1. The van der Waals surface area contributed by atoms with Crippen molar-refractivity contribution in [3.8, 4) is 0 Å². The minimum atomic E-state index is 0.0631. The van der Waals surface area contributed by atoms with E-state index in [1.54, 1.807) is 12.3 Å². The second kappa shape index (κ2) is 4.01. The summed E-state index contributed by atoms with van der Waals surface area (Å²) in [5.74, 6) is 0.0631. The van der Waals surface area contributed by atoms with E-state index in [0.29, 0.717) is 11.7 Å². The Balaban J connectivity index is 2.18. The van der Waals surface area contributed by atoms with E-state index in [1.165, 1.54) is 0 Å². The minimum absolute atomic E-state index is 0.0631. The van der Waals surface area contributed by atoms with Crippen molar-refractivity contribution in [2.45, 2.75) is 38.8 Å². The Labute approximate surface area is 90.1 Å². The van der Waals surface area contributed by atoms with Crippen molar-refractivity contribution in [3.05, 3.63) is 30.1 Å². The highest BCUT2D eigenvalue weighted by atomic mass is 16.2. The van der Waals surface area contributed by atoms with Gasteiger partial charge in [-0.15, -0.1) is 0 Å². The number of nitrogens with zero attached hydrogens (tertiary/aromatic N) is 2. The Bertz CT molecular complexity index is 342. The molecule has 0 saturated heterocycles. The van der Waals surface area contributed by atoms with Gasteiger partial charge in [0.25, 0.3) is 5.91 Å². The fraction of sp³-hybridized carbons (Fsp3) is 0.500. The summed E-state index contributed by atoms with van der Waals surface area (Å²) in [4.78, 5) is 18.2. The number of rotatable bonds is 3. The topological polar surface area (TPSA) is 33.2 Å². The van der Waals surface area contributed by atoms with E-state index in [1.807, 2.05) is 17.0 Å². The molecule has 3 nitrogen and oxygen atoms in total. The van der Waals surface area contributed by atoms with Crippen molar-refractivity contribution in [2.24, 2.45) is 0 Å². The number of amides is 1. The van der Waals surface area contributed by atoms with Gasteiger partial charge in [-0.1, -0.05) is 6.07 Å². The predicted octanol–water partition coefficient (Wildman–Crippen LogP) is 2.09. The van der Waals surface area contributed by atoms with Crippen molar-refractivity contribution in [1.82, 2.24) is 9.88 Å². The van der Waals surface area contributed by atoms with Gasteiger partial charge in [0.15, 0.2) is 0 Å². The molecule has 2 rings (SSSR count). The molecule has 1 saturated carbocycles. The van der Waals surface area contributed by atoms with Crippen LogP contribution in [-0.2, 0) is 0 Å². The van der Waals surface area contributed by atoms with Crippen LogP contribution in [0.15, 0.2) is 24.4 Å². The van der Waals surface area contributed by atoms with Gasteiger partial charge in [-0.25, -0.2) is 0 Å². The molecular formula is C12H16N2O. The van der Waals surface area contributed by atoms with E-state index < -0.39 is 0 Å². The maximum Gasteiger partial charge on any atom is 0.272 e. The lowest BCUT2D eigenvalue weighted by atomic mass is 10.2. The standard InChI is InChI=1S/C12H16N2O/c1-9(2)14(10-6-7-10)12(15)11-5-3-4-8-13-11/h3-5,8-10H,6-7H2,1-2H3. The SMILES string of the molecule is CC(C)N(C(=O)c1ccccn1)C1CC1. The third kappa shape index (κ3) is 2.17. The highest BCUT2D eigenvalue weighted by molar-refractivity contribution is 5.92. The summed E-state index contributed by atoms with van der Waals surface area (Å²) in [6.45, 7) is 4.11. The van der Waals surface area contributed by atoms with Crippen LogP contribution < -0.4 is 0 Å². The van der Waals surface area contributed by atoms with Gasteiger partial charge in [-0.05, 0) is 38.8 Å². The van der Waals surface area contributed by atoms with Crippen molar-refractivity contribution in [3.63, 3.8) is 0 Å². The summed E-state index contributed by atoms with van der Waals surface area (Å²) >= 11 is 0. The van der Waals surface area contributed by atoms with Crippen LogP contribution in [0.3, 0.4) is 0 Å². The van der Waals surface area contributed by atoms with Gasteiger partial charge >= 0.3 is 0 Å². The zero-order valence-corrected chi connectivity index (χ0v) is 9.18. The van der Waals surface area contributed by atoms with Crippen LogP contribution in [0, 0.1) is 0 Å². The molecule has 1 fully saturated rings. The Morgan fingerprint density at radius 1 is 1.47 bits per heavy atom. The van der Waals surface area contributed by atoms with Gasteiger partial charge in [-0.3, -0.25) is 9.78 Å². The van der Waals surface area contributed by atoms with Crippen LogP contribution >= 0.6 is 0 Å². The van der Waals surface area contributed by atoms with Gasteiger partial charge in [0.1, 0.15) is 5.69 Å². The second-order valence-electron chi connectivity index (χ2n) is 4.25. The molecule has 0 radical (unpaired) electrons. The first-order chi connectivity index (χ1) is 7.20. The summed E-state index contributed by atoms with van der Waals surface area (Å²) < 4.78 is 0. The van der Waals surface area contributed by atoms with Crippen LogP contribution in [0.4, 0.5) is 0 Å². The number of carbonyl (C=O) groups excluding carboxylic acids is 1. The van der Waals surface area contributed by atoms with Crippen molar-refractivity contribution < 1.29 is 4.79 Å². The lowest BCUT2D eigenvalue weighted by Gasteiger charge is -2.26. The van der Waals surface area contributed by atoms with Crippen LogP contribution in [0.1, 0.15) is 37.2 Å². The molecule has 1 aliphatic rings. The van der Waals surface area contributed by atoms with E-state index in [2.05, 4.69) is 18.8 Å². The predicted molar refractivity (Wildman–Crippen MR) is 58.6 cm³/mol. The van der Waals surface area contributed by atoms with Crippen LogP contribution in [-0.4, -0.2) is 27.9 Å². The Morgan fingerprint density at radius 3 is 2.67 bits per heavy atom. The molecule has 1 heterocycles. The first-order valence-electron chi connectivity index (χ1n) is 5.44. The quantitative estimate of drug-likeness (QED) is 0.755. The molecule has 1 aromatic heterocycles. The first-order valence-corrected chi connectivity index (χ1v) is 5.44. The van der Waals surface area contributed by atoms with Gasteiger partial charge in [0, 0.05) is 18.3 Å². The zero-order valence-electron chi connectivity index (χ0n) is 9.18. The molecule has 80 valence electrons. The maximum absolute atomic E-state index is 12.1. The van der Waals surface area contributed by atoms with Crippen LogP contribution in [0.5, 0.6) is 0 Å². The van der Waals surface area contributed by atoms with Gasteiger partial charge < -0.3 is 4.90 Å². The fourth-order valence-corrected chi connectivity index (χ4v) is 1.80. The molecule has 0 atom stereocenters. The van der Waals surface area contributed by atoms with Gasteiger partial charge in [0.05, 0.1) is 0 Å². The van der Waals surface area contributed by atoms with Crippen molar-refractivity contribution >= 4 is 5.91 Å². The molecule has 1 aromatic rings. The third-order valence-corrected chi connectivity index (χ3v) is 2.62. The summed E-state index contributed by atoms with van der Waals surface area (Å²) in [5, 5.41) is 0. The summed E-state index contributed by atoms with van der Waals surface area (Å²) in [7, 11) is 0. The van der Waals surface area contributed by atoms with E-state index in [4.69, 9.17) is 0 Å². The van der Waals surface area contributed by atoms with Crippen molar-refractivity contribution in [1.29, 1.82) is 0 Å². The highest BCUT2D eigenvalue weighted by Gasteiger charge is 2.34. The lowest BCUT2D eigenvalue weighted by molar-refractivity contribution is 0.0684. The molecule has 15 heavy (non-hydrogen) atoms. The molecule has 3 heteroatoms. The molecule has 1 aliphatic carbocycles. The van der Waals surface area contributed by atoms with Crippen molar-refractivity contribution in [2.75, 3.05) is 0 Å². The number of aromatic nitrogens is 1. The maximum atomic E-state index is 12.1. The minimum Gasteiger partial charge on any atom is -0.332 e. The Kier molecular flexibility index (Phi) is 2.71. The number of hydrogen-bond donors (Lipinski definition) is 0. The molecule has 0 N–H and O–H groups in total. The summed E-state index contributed by atoms with van der Waals surface area (Å²) in [6.07, 6.45) is 3.94. The third-order valence-electron chi connectivity index (χ3n) is 2.62. The second-order valence-corrected chi connectivity index (χ2v) is 4.25. The van der Waals surface area contributed by atoms with E-state index in [0.717, 1.165) is 12.8 Å². The highest BCUT2D eigenvalue weighted by Crippen LogP contribution is 2.29. The smallest absolute Gasteiger partial charge is 0.272 e. The van der Waals surface area contributed by atoms with E-state index in [9.17, 15) is 4.79 Å². The van der Waals surface area contributed by atoms with Gasteiger partial charge in [-0.2, -0.15) is 0 Å². The van der Waals surface area contributed by atoms with E-state index >= 15 is 0 Å². The molecule has 0 unspecified atom stereocenters. The largest absolute Gasteiger partial charge is 0.332 e. The Morgan fingerprint density at radius 2 is 2.20 bits per heavy atom. The lowest BCUT2D eigenvalue weighted by Crippen LogP contribution is -2.39. The summed E-state index contributed by atoms with van der Waals surface area (Å²) in [6, 6.07) is 6.16. The first kappa shape index (κ1) is 10.1. The number of hydrogen-bond acceptors (Lipinski definition) is 2. The average Bonchev–Trinajstić information content (AvgIpc) is 3.03. The van der Waals surface area contributed by atoms with Crippen LogP contribution in [0.25, 0.3) is 0 Å². The van der Waals surface area contributed by atoms with Gasteiger partial charge in [0.2, 0.25) is 0 Å². The molecule has 0 aromatic carbocycles. The molecule has 0 bridgehead atoms. The molecule has 0 spiro atoms. The normalized spacial score (nSPS) is 15.4. The molecule has 1 amide bonds. The fourth-order valence-electron chi connectivity index (χ4n) is 1.80. The zero-order chi connectivity index (χ0) is 10.8. The summed E-state index contributed by atoms with van der Waals surface area (Å²) in [5.41, 5.74) is 0.554. The number of pyridine rings is 1. The van der Waals surface area contributed by atoms with Crippen LogP contribution in [0.2, 0.25) is 0 Å².